The summed E-state index contributed by atoms with van der Waals surface area (Å²) in [5, 5.41) is 15.9. The molecule has 2 N–H and O–H groups in total. The molecule has 0 aliphatic heterocycles. The van der Waals surface area contributed by atoms with Crippen LogP contribution in [0.1, 0.15) is 26.4 Å². The number of hydrogen-bond donors (Lipinski definition) is 2. The van der Waals surface area contributed by atoms with Crippen molar-refractivity contribution in [2.75, 3.05) is 5.32 Å². The van der Waals surface area contributed by atoms with E-state index in [2.05, 4.69) is 10.4 Å². The molecule has 0 bridgehead atoms. The Morgan fingerprint density at radius 2 is 2.05 bits per heavy atom. The second kappa shape index (κ2) is 5.34. The van der Waals surface area contributed by atoms with Gasteiger partial charge in [-0.3, -0.25) is 9.48 Å². The Balaban J connectivity index is 2.28. The van der Waals surface area contributed by atoms with Crippen molar-refractivity contribution in [3.8, 4) is 0 Å². The lowest BCUT2D eigenvalue weighted by Gasteiger charge is -2.06. The van der Waals surface area contributed by atoms with Gasteiger partial charge in [0.05, 0.1) is 16.8 Å². The molecule has 1 heterocycles. The van der Waals surface area contributed by atoms with Crippen molar-refractivity contribution >= 4 is 29.2 Å². The summed E-state index contributed by atoms with van der Waals surface area (Å²) in [5.74, 6) is -1.48. The molecule has 0 unspecified atom stereocenters. The summed E-state index contributed by atoms with van der Waals surface area (Å²) < 4.78 is 1.53. The lowest BCUT2D eigenvalue weighted by atomic mass is 10.2. The van der Waals surface area contributed by atoms with Gasteiger partial charge in [-0.25, -0.2) is 4.79 Å². The average Bonchev–Trinajstić information content (AvgIpc) is 2.67. The van der Waals surface area contributed by atoms with Gasteiger partial charge in [0.2, 0.25) is 0 Å². The summed E-state index contributed by atoms with van der Waals surface area (Å²) in [6.07, 6.45) is 1.59. The van der Waals surface area contributed by atoms with Crippen molar-refractivity contribution in [2.24, 2.45) is 7.05 Å². The van der Waals surface area contributed by atoms with Gasteiger partial charge in [0.15, 0.2) is 0 Å². The van der Waals surface area contributed by atoms with Crippen LogP contribution in [0, 0.1) is 6.92 Å². The molecule has 0 aliphatic carbocycles. The summed E-state index contributed by atoms with van der Waals surface area (Å²) >= 11 is 5.83. The molecule has 0 fully saturated rings. The highest BCUT2D eigenvalue weighted by Gasteiger charge is 2.14. The third-order valence-corrected chi connectivity index (χ3v) is 2.88. The van der Waals surface area contributed by atoms with E-state index in [9.17, 15) is 9.59 Å². The number of aromatic carboxylic acids is 1. The molecule has 6 nitrogen and oxygen atoms in total. The van der Waals surface area contributed by atoms with Crippen LogP contribution in [0.15, 0.2) is 24.4 Å². The van der Waals surface area contributed by atoms with Crippen LogP contribution in [-0.4, -0.2) is 26.8 Å². The van der Waals surface area contributed by atoms with Gasteiger partial charge in [0, 0.05) is 24.0 Å². The van der Waals surface area contributed by atoms with Gasteiger partial charge in [0.25, 0.3) is 5.91 Å². The molecule has 0 saturated carbocycles. The van der Waals surface area contributed by atoms with Crippen molar-refractivity contribution in [3.63, 3.8) is 0 Å². The monoisotopic (exact) mass is 293 g/mol. The first kappa shape index (κ1) is 14.1. The quantitative estimate of drug-likeness (QED) is 0.909. The number of carboxylic acid groups (broad SMARTS) is 1. The first-order valence-electron chi connectivity index (χ1n) is 5.72. The summed E-state index contributed by atoms with van der Waals surface area (Å²) in [4.78, 5) is 23.0. The van der Waals surface area contributed by atoms with Crippen molar-refractivity contribution in [3.05, 3.63) is 46.2 Å². The third kappa shape index (κ3) is 2.97. The number of carbonyl (C=O) groups is 2. The maximum absolute atomic E-state index is 12.1. The van der Waals surface area contributed by atoms with Gasteiger partial charge in [0.1, 0.15) is 0 Å². The zero-order chi connectivity index (χ0) is 14.9. The highest BCUT2D eigenvalue weighted by atomic mass is 35.5. The number of halogens is 1. The molecule has 2 aromatic rings. The Hall–Kier alpha value is -2.34. The van der Waals surface area contributed by atoms with E-state index in [0.29, 0.717) is 16.9 Å². The Morgan fingerprint density at radius 1 is 1.35 bits per heavy atom. The highest BCUT2D eigenvalue weighted by Crippen LogP contribution is 2.20. The lowest BCUT2D eigenvalue weighted by molar-refractivity contribution is 0.0696. The van der Waals surface area contributed by atoms with Crippen LogP contribution < -0.4 is 5.32 Å². The number of benzene rings is 1. The number of anilines is 1. The lowest BCUT2D eigenvalue weighted by Crippen LogP contribution is -2.13. The number of aromatic nitrogens is 2. The van der Waals surface area contributed by atoms with Gasteiger partial charge >= 0.3 is 5.97 Å². The minimum Gasteiger partial charge on any atom is -0.478 e. The van der Waals surface area contributed by atoms with E-state index in [0.717, 1.165) is 0 Å². The smallest absolute Gasteiger partial charge is 0.335 e. The van der Waals surface area contributed by atoms with E-state index in [4.69, 9.17) is 16.7 Å². The maximum atomic E-state index is 12.1. The molecule has 2 rings (SSSR count). The number of nitrogens with zero attached hydrogens (tertiary/aromatic N) is 2. The number of hydrogen-bond acceptors (Lipinski definition) is 3. The molecular formula is C13H12ClN3O3. The summed E-state index contributed by atoms with van der Waals surface area (Å²) in [7, 11) is 1.71. The van der Waals surface area contributed by atoms with Crippen molar-refractivity contribution in [1.29, 1.82) is 0 Å². The minimum atomic E-state index is -1.11. The van der Waals surface area contributed by atoms with E-state index in [-0.39, 0.29) is 16.5 Å². The molecule has 0 atom stereocenters. The molecule has 104 valence electrons. The van der Waals surface area contributed by atoms with Crippen LogP contribution in [0.25, 0.3) is 0 Å². The van der Waals surface area contributed by atoms with Crippen LogP contribution >= 0.6 is 11.6 Å². The predicted octanol–water partition coefficient (Wildman–Crippen LogP) is 2.33. The van der Waals surface area contributed by atoms with Gasteiger partial charge in [-0.15, -0.1) is 0 Å². The fraction of sp³-hybridized carbons (Fsp3) is 0.154. The number of nitrogens with one attached hydrogen (secondary N) is 1. The van der Waals surface area contributed by atoms with Crippen LogP contribution in [0.4, 0.5) is 5.69 Å². The highest BCUT2D eigenvalue weighted by molar-refractivity contribution is 6.31. The van der Waals surface area contributed by atoms with Crippen molar-refractivity contribution in [2.45, 2.75) is 6.92 Å². The first-order valence-corrected chi connectivity index (χ1v) is 6.10. The molecule has 0 aliphatic rings. The Morgan fingerprint density at radius 3 is 2.60 bits per heavy atom. The van der Waals surface area contributed by atoms with Crippen LogP contribution in [0.2, 0.25) is 5.02 Å². The SMILES string of the molecule is Cc1nn(C)cc1C(=O)Nc1cc(Cl)cc(C(=O)O)c1. The average molecular weight is 294 g/mol. The molecule has 1 aromatic heterocycles. The van der Waals surface area contributed by atoms with E-state index in [1.54, 1.807) is 20.2 Å². The van der Waals surface area contributed by atoms with Crippen LogP contribution in [0.5, 0.6) is 0 Å². The predicted molar refractivity (Wildman–Crippen MR) is 74.3 cm³/mol. The van der Waals surface area contributed by atoms with Gasteiger partial charge in [-0.1, -0.05) is 11.6 Å². The molecule has 0 saturated heterocycles. The zero-order valence-corrected chi connectivity index (χ0v) is 11.6. The van der Waals surface area contributed by atoms with Crippen molar-refractivity contribution < 1.29 is 14.7 Å². The molecule has 20 heavy (non-hydrogen) atoms. The molecule has 0 radical (unpaired) electrons. The fourth-order valence-electron chi connectivity index (χ4n) is 1.81. The topological polar surface area (TPSA) is 84.2 Å². The van der Waals surface area contributed by atoms with Crippen LogP contribution in [-0.2, 0) is 7.05 Å². The van der Waals surface area contributed by atoms with E-state index >= 15 is 0 Å². The molecule has 1 amide bonds. The fourth-order valence-corrected chi connectivity index (χ4v) is 2.04. The summed E-state index contributed by atoms with van der Waals surface area (Å²) in [6.45, 7) is 1.72. The van der Waals surface area contributed by atoms with Gasteiger partial charge in [-0.05, 0) is 25.1 Å². The number of amides is 1. The second-order valence-electron chi connectivity index (χ2n) is 4.29. The Bertz CT molecular complexity index is 694. The number of aryl methyl sites for hydroxylation is 2. The first-order chi connectivity index (χ1) is 9.36. The second-order valence-corrected chi connectivity index (χ2v) is 4.73. The summed E-state index contributed by atoms with van der Waals surface area (Å²) in [6, 6.07) is 4.14. The third-order valence-electron chi connectivity index (χ3n) is 2.66. The van der Waals surface area contributed by atoms with E-state index in [1.165, 1.54) is 22.9 Å². The van der Waals surface area contributed by atoms with Gasteiger partial charge < -0.3 is 10.4 Å². The van der Waals surface area contributed by atoms with E-state index < -0.39 is 5.97 Å². The summed E-state index contributed by atoms with van der Waals surface area (Å²) in [5.41, 5.74) is 1.34. The Kier molecular flexibility index (Phi) is 3.76. The maximum Gasteiger partial charge on any atom is 0.335 e. The number of rotatable bonds is 3. The molecule has 7 heteroatoms. The standard InChI is InChI=1S/C13H12ClN3O3/c1-7-11(6-17(2)16-7)12(18)15-10-4-8(13(19)20)3-9(14)5-10/h3-6H,1-2H3,(H,15,18)(H,19,20). The van der Waals surface area contributed by atoms with E-state index in [1.807, 2.05) is 0 Å². The minimum absolute atomic E-state index is 0.00992. The molecule has 1 aromatic carbocycles. The zero-order valence-electron chi connectivity index (χ0n) is 10.8. The number of carbonyl (C=O) groups excluding carboxylic acids is 1. The molecule has 0 spiro atoms. The normalized spacial score (nSPS) is 10.3. The van der Waals surface area contributed by atoms with Gasteiger partial charge in [-0.2, -0.15) is 5.10 Å². The van der Waals surface area contributed by atoms with Crippen molar-refractivity contribution in [1.82, 2.24) is 9.78 Å². The number of carboxylic acids is 1. The largest absolute Gasteiger partial charge is 0.478 e. The van der Waals surface area contributed by atoms with Crippen LogP contribution in [0.3, 0.4) is 0 Å². The Labute approximate surface area is 120 Å². The molecular weight excluding hydrogens is 282 g/mol.